The minimum absolute atomic E-state index is 0.926. The van der Waals surface area contributed by atoms with Gasteiger partial charge < -0.3 is 5.73 Å². The third kappa shape index (κ3) is 15.1. The number of thiol groups is 1. The van der Waals surface area contributed by atoms with E-state index in [4.69, 9.17) is 5.73 Å². The number of rotatable bonds is 4. The SMILES string of the molecule is CC(C)=C(C)N.CCCCCc1ccccc1.CS. The largest absolute Gasteiger partial charge is 0.402 e. The molecule has 0 heterocycles. The molecule has 0 aromatic heterocycles. The fourth-order valence-corrected chi connectivity index (χ4v) is 1.22. The molecule has 0 aliphatic rings. The van der Waals surface area contributed by atoms with E-state index in [9.17, 15) is 0 Å². The van der Waals surface area contributed by atoms with Crippen molar-refractivity contribution in [2.24, 2.45) is 5.73 Å². The Kier molecular flexibility index (Phi) is 16.3. The number of nitrogens with two attached hydrogens (primary N) is 1. The maximum absolute atomic E-state index is 5.31. The van der Waals surface area contributed by atoms with E-state index in [2.05, 4.69) is 49.9 Å². The summed E-state index contributed by atoms with van der Waals surface area (Å²) in [6, 6.07) is 10.7. The third-order valence-electron chi connectivity index (χ3n) is 2.70. The quantitative estimate of drug-likeness (QED) is 0.574. The minimum Gasteiger partial charge on any atom is -0.402 e. The van der Waals surface area contributed by atoms with Gasteiger partial charge in [0.2, 0.25) is 0 Å². The molecule has 0 saturated carbocycles. The second-order valence-corrected chi connectivity index (χ2v) is 4.63. The lowest BCUT2D eigenvalue weighted by Gasteiger charge is -1.98. The van der Waals surface area contributed by atoms with Crippen LogP contribution in [-0.2, 0) is 6.42 Å². The van der Waals surface area contributed by atoms with Gasteiger partial charge in [0, 0.05) is 5.70 Å². The smallest absolute Gasteiger partial charge is 0.00351 e. The van der Waals surface area contributed by atoms with Crippen molar-refractivity contribution in [3.8, 4) is 0 Å². The van der Waals surface area contributed by atoms with Crippen LogP contribution in [-0.4, -0.2) is 6.26 Å². The van der Waals surface area contributed by atoms with Crippen molar-refractivity contribution in [2.45, 2.75) is 53.4 Å². The van der Waals surface area contributed by atoms with E-state index >= 15 is 0 Å². The molecule has 1 aromatic carbocycles. The first-order chi connectivity index (χ1) is 9.07. The van der Waals surface area contributed by atoms with Gasteiger partial charge in [-0.2, -0.15) is 12.6 Å². The Hall–Kier alpha value is -0.890. The summed E-state index contributed by atoms with van der Waals surface area (Å²) in [5.41, 5.74) is 8.92. The highest BCUT2D eigenvalue weighted by Gasteiger charge is 1.89. The van der Waals surface area contributed by atoms with E-state index < -0.39 is 0 Å². The third-order valence-corrected chi connectivity index (χ3v) is 2.70. The first kappa shape index (κ1) is 20.4. The van der Waals surface area contributed by atoms with Crippen molar-refractivity contribution < 1.29 is 0 Å². The Morgan fingerprint density at radius 2 is 1.47 bits per heavy atom. The number of hydrogen-bond acceptors (Lipinski definition) is 2. The molecule has 0 amide bonds. The molecular weight excluding hydrogens is 250 g/mol. The first-order valence-corrected chi connectivity index (χ1v) is 7.85. The van der Waals surface area contributed by atoms with E-state index in [1.165, 1.54) is 36.8 Å². The van der Waals surface area contributed by atoms with Gasteiger partial charge in [-0.25, -0.2) is 0 Å². The lowest BCUT2D eigenvalue weighted by molar-refractivity contribution is 0.717. The molecule has 19 heavy (non-hydrogen) atoms. The molecule has 1 aromatic rings. The molecule has 2 heteroatoms. The van der Waals surface area contributed by atoms with Gasteiger partial charge >= 0.3 is 0 Å². The minimum atomic E-state index is 0.926. The van der Waals surface area contributed by atoms with Gasteiger partial charge in [-0.3, -0.25) is 0 Å². The maximum Gasteiger partial charge on any atom is 0.00351 e. The standard InChI is InChI=1S/C11H16.C5H11N.CH4S/c1-2-3-5-8-11-9-6-4-7-10-11;1-4(2)5(3)6;1-2/h4,6-7,9-10H,2-3,5,8H2,1H3;6H2,1-3H3;2H,1H3. The summed E-state index contributed by atoms with van der Waals surface area (Å²) in [6.45, 7) is 8.13. The molecule has 0 bridgehead atoms. The van der Waals surface area contributed by atoms with Gasteiger partial charge in [0.05, 0.1) is 0 Å². The molecule has 0 spiro atoms. The Morgan fingerprint density at radius 3 is 1.84 bits per heavy atom. The fourth-order valence-electron chi connectivity index (χ4n) is 1.22. The summed E-state index contributed by atoms with van der Waals surface area (Å²) in [6.07, 6.45) is 6.94. The molecule has 2 N–H and O–H groups in total. The van der Waals surface area contributed by atoms with Crippen LogP contribution in [0.2, 0.25) is 0 Å². The van der Waals surface area contributed by atoms with Crippen molar-refractivity contribution in [3.05, 3.63) is 47.2 Å². The highest BCUT2D eigenvalue weighted by atomic mass is 32.1. The van der Waals surface area contributed by atoms with Crippen molar-refractivity contribution >= 4 is 12.6 Å². The van der Waals surface area contributed by atoms with Crippen LogP contribution in [0.4, 0.5) is 0 Å². The van der Waals surface area contributed by atoms with Gasteiger partial charge in [0.1, 0.15) is 0 Å². The predicted octanol–water partition coefficient (Wildman–Crippen LogP) is 5.22. The molecule has 0 aliphatic heterocycles. The van der Waals surface area contributed by atoms with Crippen LogP contribution in [0.25, 0.3) is 0 Å². The fraction of sp³-hybridized carbons (Fsp3) is 0.529. The zero-order chi connectivity index (χ0) is 15.1. The number of benzene rings is 1. The summed E-state index contributed by atoms with van der Waals surface area (Å²) in [7, 11) is 0. The summed E-state index contributed by atoms with van der Waals surface area (Å²) < 4.78 is 0. The van der Waals surface area contributed by atoms with E-state index in [1.54, 1.807) is 6.26 Å². The summed E-state index contributed by atoms with van der Waals surface area (Å²) >= 11 is 3.53. The molecule has 0 radical (unpaired) electrons. The average molecular weight is 282 g/mol. The molecule has 0 fully saturated rings. The van der Waals surface area contributed by atoms with Crippen LogP contribution in [0.15, 0.2) is 41.6 Å². The van der Waals surface area contributed by atoms with E-state index in [0.29, 0.717) is 0 Å². The number of hydrogen-bond donors (Lipinski definition) is 2. The van der Waals surface area contributed by atoms with Crippen LogP contribution in [0.1, 0.15) is 52.5 Å². The van der Waals surface area contributed by atoms with Gasteiger partial charge in [0.25, 0.3) is 0 Å². The van der Waals surface area contributed by atoms with Gasteiger partial charge in [0.15, 0.2) is 0 Å². The van der Waals surface area contributed by atoms with Crippen LogP contribution < -0.4 is 5.73 Å². The molecule has 0 unspecified atom stereocenters. The Bertz CT molecular complexity index is 299. The molecule has 1 nitrogen and oxygen atoms in total. The Labute approximate surface area is 125 Å². The van der Waals surface area contributed by atoms with Crippen LogP contribution in [0.5, 0.6) is 0 Å². The highest BCUT2D eigenvalue weighted by molar-refractivity contribution is 7.79. The molecule has 1 rings (SSSR count). The molecule has 0 aliphatic carbocycles. The molecule has 0 atom stereocenters. The van der Waals surface area contributed by atoms with Crippen LogP contribution >= 0.6 is 12.6 Å². The van der Waals surface area contributed by atoms with E-state index in [1.807, 2.05) is 20.8 Å². The molecule has 0 saturated heterocycles. The average Bonchev–Trinajstić information content (AvgIpc) is 2.43. The van der Waals surface area contributed by atoms with Crippen molar-refractivity contribution in [1.29, 1.82) is 0 Å². The highest BCUT2D eigenvalue weighted by Crippen LogP contribution is 2.05. The van der Waals surface area contributed by atoms with Crippen LogP contribution in [0.3, 0.4) is 0 Å². The van der Waals surface area contributed by atoms with Gasteiger partial charge in [-0.05, 0) is 45.4 Å². The van der Waals surface area contributed by atoms with Gasteiger partial charge in [-0.1, -0.05) is 55.7 Å². The lowest BCUT2D eigenvalue weighted by atomic mass is 10.1. The van der Waals surface area contributed by atoms with E-state index in [0.717, 1.165) is 5.70 Å². The summed E-state index contributed by atoms with van der Waals surface area (Å²) in [5, 5.41) is 0. The molecule has 110 valence electrons. The summed E-state index contributed by atoms with van der Waals surface area (Å²) in [5.74, 6) is 0. The number of aryl methyl sites for hydroxylation is 1. The van der Waals surface area contributed by atoms with Gasteiger partial charge in [-0.15, -0.1) is 0 Å². The normalized spacial score (nSPS) is 8.53. The van der Waals surface area contributed by atoms with Crippen molar-refractivity contribution in [2.75, 3.05) is 6.26 Å². The van der Waals surface area contributed by atoms with Crippen molar-refractivity contribution in [1.82, 2.24) is 0 Å². The zero-order valence-corrected chi connectivity index (χ0v) is 14.1. The lowest BCUT2D eigenvalue weighted by Crippen LogP contribution is -1.91. The second kappa shape index (κ2) is 15.2. The zero-order valence-electron chi connectivity index (χ0n) is 13.2. The summed E-state index contributed by atoms with van der Waals surface area (Å²) in [4.78, 5) is 0. The maximum atomic E-state index is 5.31. The van der Waals surface area contributed by atoms with E-state index in [-0.39, 0.29) is 0 Å². The predicted molar refractivity (Wildman–Crippen MR) is 92.8 cm³/mol. The Morgan fingerprint density at radius 1 is 1.00 bits per heavy atom. The molecular formula is C17H31NS. The first-order valence-electron chi connectivity index (χ1n) is 6.96. The van der Waals surface area contributed by atoms with Crippen LogP contribution in [0, 0.1) is 0 Å². The topological polar surface area (TPSA) is 26.0 Å². The monoisotopic (exact) mass is 281 g/mol. The number of unbranched alkanes of at least 4 members (excludes halogenated alkanes) is 2. The number of allylic oxidation sites excluding steroid dienone is 2. The van der Waals surface area contributed by atoms with Crippen molar-refractivity contribution in [3.63, 3.8) is 0 Å². The Balaban J connectivity index is 0. The second-order valence-electron chi connectivity index (χ2n) is 4.63.